The summed E-state index contributed by atoms with van der Waals surface area (Å²) in [6.45, 7) is 0. The zero-order valence-corrected chi connectivity index (χ0v) is 32.6. The number of hydrogen-bond acceptors (Lipinski definition) is 2. The van der Waals surface area contributed by atoms with Crippen LogP contribution in [-0.4, -0.2) is 19.1 Å². The number of benzene rings is 9. The van der Waals surface area contributed by atoms with E-state index in [1.54, 1.807) is 0 Å². The van der Waals surface area contributed by atoms with Crippen molar-refractivity contribution in [2.45, 2.75) is 0 Å². The number of rotatable bonds is 6. The lowest BCUT2D eigenvalue weighted by atomic mass is 9.97. The maximum atomic E-state index is 5.39. The van der Waals surface area contributed by atoms with Gasteiger partial charge in [-0.25, -0.2) is 9.97 Å². The van der Waals surface area contributed by atoms with Crippen molar-refractivity contribution in [1.29, 1.82) is 0 Å². The van der Waals surface area contributed by atoms with Gasteiger partial charge in [-0.1, -0.05) is 164 Å². The smallest absolute Gasteiger partial charge is 0.235 e. The highest BCUT2D eigenvalue weighted by atomic mass is 15.2. The minimum atomic E-state index is 0.649. The molecule has 0 unspecified atom stereocenters. The highest BCUT2D eigenvalue weighted by Crippen LogP contribution is 2.39. The van der Waals surface area contributed by atoms with Crippen LogP contribution >= 0.6 is 0 Å². The van der Waals surface area contributed by atoms with Crippen molar-refractivity contribution >= 4 is 54.5 Å². The van der Waals surface area contributed by atoms with Crippen LogP contribution in [0.2, 0.25) is 0 Å². The van der Waals surface area contributed by atoms with Gasteiger partial charge in [0, 0.05) is 38.2 Å². The summed E-state index contributed by atoms with van der Waals surface area (Å²) in [6, 6.07) is 78.0. The standard InChI is InChI=1S/C56H36N4/c1-3-14-37(15-4-1)40-16-13-17-41(34-40)38-26-28-39(29-27-38)55-48-22-7-10-23-50(48)57-56(58-55)60-52-25-12-9-21-46(52)49-35-42(31-33-53(49)60)43-30-32-47-45-20-8-11-24-51(45)59(54(47)36-43)44-18-5-2-6-19-44/h1-36H. The lowest BCUT2D eigenvalue weighted by Gasteiger charge is -2.12. The molecule has 0 amide bonds. The molecule has 0 aliphatic heterocycles. The maximum absolute atomic E-state index is 5.39. The summed E-state index contributed by atoms with van der Waals surface area (Å²) in [7, 11) is 0. The molecule has 0 aliphatic rings. The number of para-hydroxylation sites is 4. The molecular weight excluding hydrogens is 729 g/mol. The van der Waals surface area contributed by atoms with Gasteiger partial charge in [0.15, 0.2) is 0 Å². The molecule has 0 saturated heterocycles. The molecule has 60 heavy (non-hydrogen) atoms. The highest BCUT2D eigenvalue weighted by Gasteiger charge is 2.19. The quantitative estimate of drug-likeness (QED) is 0.169. The summed E-state index contributed by atoms with van der Waals surface area (Å²) in [4.78, 5) is 10.6. The first-order valence-electron chi connectivity index (χ1n) is 20.4. The normalized spacial score (nSPS) is 11.7. The molecule has 0 bridgehead atoms. The van der Waals surface area contributed by atoms with Crippen molar-refractivity contribution in [2.24, 2.45) is 0 Å². The van der Waals surface area contributed by atoms with Crippen LogP contribution in [0.1, 0.15) is 0 Å². The Hall–Kier alpha value is -8.08. The Morgan fingerprint density at radius 2 is 0.767 bits per heavy atom. The number of fused-ring (bicyclic) bond motifs is 7. The van der Waals surface area contributed by atoms with Crippen molar-refractivity contribution in [3.63, 3.8) is 0 Å². The van der Waals surface area contributed by atoms with Crippen molar-refractivity contribution in [2.75, 3.05) is 0 Å². The third kappa shape index (κ3) is 5.53. The molecule has 12 aromatic rings. The Morgan fingerprint density at radius 1 is 0.267 bits per heavy atom. The van der Waals surface area contributed by atoms with E-state index in [9.17, 15) is 0 Å². The topological polar surface area (TPSA) is 35.6 Å². The molecular formula is C56H36N4. The van der Waals surface area contributed by atoms with Crippen molar-refractivity contribution < 1.29 is 0 Å². The SMILES string of the molecule is c1ccc(-c2cccc(-c3ccc(-c4nc(-n5c6ccccc6c6cc(-c7ccc8c9ccccc9n(-c9ccccc9)c8c7)ccc65)nc5ccccc45)cc3)c2)cc1. The van der Waals surface area contributed by atoms with Gasteiger partial charge in [-0.3, -0.25) is 4.57 Å². The highest BCUT2D eigenvalue weighted by molar-refractivity contribution is 6.12. The molecule has 0 fully saturated rings. The molecule has 3 aromatic heterocycles. The number of nitrogens with zero attached hydrogens (tertiary/aromatic N) is 4. The van der Waals surface area contributed by atoms with E-state index in [1.165, 1.54) is 44.1 Å². The van der Waals surface area contributed by atoms with E-state index < -0.39 is 0 Å². The van der Waals surface area contributed by atoms with Crippen molar-refractivity contribution in [1.82, 2.24) is 19.1 Å². The second-order valence-electron chi connectivity index (χ2n) is 15.4. The van der Waals surface area contributed by atoms with Crippen LogP contribution in [0.15, 0.2) is 218 Å². The first kappa shape index (κ1) is 34.0. The molecule has 0 radical (unpaired) electrons. The average molecular weight is 765 g/mol. The minimum absolute atomic E-state index is 0.649. The van der Waals surface area contributed by atoms with E-state index in [4.69, 9.17) is 9.97 Å². The first-order chi connectivity index (χ1) is 29.7. The van der Waals surface area contributed by atoms with Crippen LogP contribution in [0.4, 0.5) is 0 Å². The van der Waals surface area contributed by atoms with Gasteiger partial charge in [-0.15, -0.1) is 0 Å². The van der Waals surface area contributed by atoms with Gasteiger partial charge in [0.1, 0.15) is 0 Å². The maximum Gasteiger partial charge on any atom is 0.235 e. The van der Waals surface area contributed by atoms with Gasteiger partial charge in [0.05, 0.1) is 33.3 Å². The van der Waals surface area contributed by atoms with E-state index in [-0.39, 0.29) is 0 Å². The van der Waals surface area contributed by atoms with E-state index in [0.717, 1.165) is 60.8 Å². The summed E-state index contributed by atoms with van der Waals surface area (Å²) in [5.41, 5.74) is 15.6. The molecule has 0 N–H and O–H groups in total. The zero-order chi connectivity index (χ0) is 39.6. The largest absolute Gasteiger partial charge is 0.309 e. The molecule has 12 rings (SSSR count). The van der Waals surface area contributed by atoms with Gasteiger partial charge in [-0.05, 0) is 88.0 Å². The van der Waals surface area contributed by atoms with E-state index in [1.807, 2.05) is 0 Å². The van der Waals surface area contributed by atoms with Gasteiger partial charge in [-0.2, -0.15) is 0 Å². The summed E-state index contributed by atoms with van der Waals surface area (Å²) in [5.74, 6) is 0.649. The van der Waals surface area contributed by atoms with Crippen molar-refractivity contribution in [3.05, 3.63) is 218 Å². The first-order valence-corrected chi connectivity index (χ1v) is 20.4. The minimum Gasteiger partial charge on any atom is -0.309 e. The average Bonchev–Trinajstić information content (AvgIpc) is 3.84. The van der Waals surface area contributed by atoms with Gasteiger partial charge < -0.3 is 4.57 Å². The predicted molar refractivity (Wildman–Crippen MR) is 250 cm³/mol. The second kappa shape index (κ2) is 13.8. The lowest BCUT2D eigenvalue weighted by Crippen LogP contribution is -2.03. The molecule has 0 atom stereocenters. The Balaban J connectivity index is 0.982. The molecule has 4 nitrogen and oxygen atoms in total. The zero-order valence-electron chi connectivity index (χ0n) is 32.6. The summed E-state index contributed by atoms with van der Waals surface area (Å²) >= 11 is 0. The Morgan fingerprint density at radius 3 is 1.53 bits per heavy atom. The van der Waals surface area contributed by atoms with Crippen LogP contribution in [0.5, 0.6) is 0 Å². The van der Waals surface area contributed by atoms with Crippen LogP contribution in [0.25, 0.3) is 111 Å². The fourth-order valence-electron chi connectivity index (χ4n) is 9.09. The monoisotopic (exact) mass is 764 g/mol. The molecule has 0 aliphatic carbocycles. The molecule has 4 heteroatoms. The third-order valence-corrected chi connectivity index (χ3v) is 11.9. The van der Waals surface area contributed by atoms with Gasteiger partial charge in [0.25, 0.3) is 0 Å². The Labute approximate surface area is 346 Å². The Bertz CT molecular complexity index is 3580. The van der Waals surface area contributed by atoms with Crippen LogP contribution < -0.4 is 0 Å². The molecule has 0 spiro atoms. The van der Waals surface area contributed by atoms with Crippen LogP contribution in [0.3, 0.4) is 0 Å². The van der Waals surface area contributed by atoms with Gasteiger partial charge >= 0.3 is 0 Å². The predicted octanol–water partition coefficient (Wildman–Crippen LogP) is 14.5. The van der Waals surface area contributed by atoms with E-state index in [0.29, 0.717) is 5.95 Å². The second-order valence-corrected chi connectivity index (χ2v) is 15.4. The third-order valence-electron chi connectivity index (χ3n) is 11.9. The Kier molecular flexibility index (Phi) is 7.82. The van der Waals surface area contributed by atoms with Crippen molar-refractivity contribution in [3.8, 4) is 56.3 Å². The lowest BCUT2D eigenvalue weighted by molar-refractivity contribution is 1.01. The summed E-state index contributed by atoms with van der Waals surface area (Å²) in [6.07, 6.45) is 0. The van der Waals surface area contributed by atoms with Crippen LogP contribution in [-0.2, 0) is 0 Å². The van der Waals surface area contributed by atoms with E-state index in [2.05, 4.69) is 228 Å². The number of hydrogen-bond donors (Lipinski definition) is 0. The van der Waals surface area contributed by atoms with E-state index >= 15 is 0 Å². The number of aromatic nitrogens is 4. The fraction of sp³-hybridized carbons (Fsp3) is 0. The molecule has 0 saturated carbocycles. The molecule has 280 valence electrons. The van der Waals surface area contributed by atoms with Gasteiger partial charge in [0.2, 0.25) is 5.95 Å². The summed E-state index contributed by atoms with van der Waals surface area (Å²) < 4.78 is 4.61. The van der Waals surface area contributed by atoms with Crippen LogP contribution in [0, 0.1) is 0 Å². The molecule has 9 aromatic carbocycles. The fourth-order valence-corrected chi connectivity index (χ4v) is 9.09. The molecule has 3 heterocycles. The summed E-state index contributed by atoms with van der Waals surface area (Å²) in [5, 5.41) is 5.83.